The molecule has 0 aliphatic heterocycles. The van der Waals surface area contributed by atoms with Crippen molar-refractivity contribution in [1.82, 2.24) is 10.6 Å². The minimum Gasteiger partial charge on any atom is -0.382 e. The molecule has 19 heavy (non-hydrogen) atoms. The predicted octanol–water partition coefficient (Wildman–Crippen LogP) is 0.403. The van der Waals surface area contributed by atoms with Gasteiger partial charge in [0, 0.05) is 39.6 Å². The number of ether oxygens (including phenoxy) is 1. The van der Waals surface area contributed by atoms with Crippen LogP contribution in [-0.2, 0) is 14.6 Å². The van der Waals surface area contributed by atoms with Gasteiger partial charge in [-0.3, -0.25) is 4.99 Å². The van der Waals surface area contributed by atoms with E-state index in [-0.39, 0.29) is 5.75 Å². The summed E-state index contributed by atoms with van der Waals surface area (Å²) in [6.07, 6.45) is 3.87. The Bertz CT molecular complexity index is 342. The van der Waals surface area contributed by atoms with E-state index < -0.39 is 9.84 Å². The van der Waals surface area contributed by atoms with Gasteiger partial charge in [-0.25, -0.2) is 8.42 Å². The SMILES string of the molecule is CCOCCCCNC(=NC)NCCCS(C)(=O)=O. The first-order chi connectivity index (χ1) is 8.99. The number of sulfone groups is 1. The van der Waals surface area contributed by atoms with Crippen LogP contribution in [0.5, 0.6) is 0 Å². The molecule has 0 fully saturated rings. The van der Waals surface area contributed by atoms with Gasteiger partial charge in [0.2, 0.25) is 0 Å². The number of nitrogens with one attached hydrogen (secondary N) is 2. The predicted molar refractivity (Wildman–Crippen MR) is 79.4 cm³/mol. The summed E-state index contributed by atoms with van der Waals surface area (Å²) in [5, 5.41) is 6.27. The quantitative estimate of drug-likeness (QED) is 0.346. The molecule has 0 rings (SSSR count). The zero-order valence-electron chi connectivity index (χ0n) is 12.2. The minimum absolute atomic E-state index is 0.200. The lowest BCUT2D eigenvalue weighted by molar-refractivity contribution is 0.143. The molecule has 0 radical (unpaired) electrons. The molecule has 0 spiro atoms. The topological polar surface area (TPSA) is 79.8 Å². The highest BCUT2D eigenvalue weighted by molar-refractivity contribution is 7.90. The second-order valence-electron chi connectivity index (χ2n) is 4.31. The summed E-state index contributed by atoms with van der Waals surface area (Å²) in [6.45, 7) is 4.97. The Morgan fingerprint density at radius 1 is 1.16 bits per heavy atom. The second kappa shape index (κ2) is 11.0. The van der Waals surface area contributed by atoms with Crippen LogP contribution in [0, 0.1) is 0 Å². The van der Waals surface area contributed by atoms with Crippen LogP contribution in [0.15, 0.2) is 4.99 Å². The summed E-state index contributed by atoms with van der Waals surface area (Å²) in [5.41, 5.74) is 0. The van der Waals surface area contributed by atoms with Crippen LogP contribution < -0.4 is 10.6 Å². The van der Waals surface area contributed by atoms with Gasteiger partial charge in [0.05, 0.1) is 5.75 Å². The molecule has 2 N–H and O–H groups in total. The number of nitrogens with zero attached hydrogens (tertiary/aromatic N) is 1. The number of hydrogen-bond acceptors (Lipinski definition) is 4. The van der Waals surface area contributed by atoms with Gasteiger partial charge in [-0.05, 0) is 26.2 Å². The Morgan fingerprint density at radius 3 is 2.32 bits per heavy atom. The molecule has 7 heteroatoms. The largest absolute Gasteiger partial charge is 0.382 e. The molecule has 0 unspecified atom stereocenters. The molecule has 6 nitrogen and oxygen atoms in total. The van der Waals surface area contributed by atoms with Crippen LogP contribution in [-0.4, -0.2) is 59.7 Å². The molecule has 0 saturated carbocycles. The third kappa shape index (κ3) is 13.4. The van der Waals surface area contributed by atoms with Crippen LogP contribution in [0.1, 0.15) is 26.2 Å². The highest BCUT2D eigenvalue weighted by atomic mass is 32.2. The normalized spacial score (nSPS) is 12.5. The molecule has 0 saturated heterocycles. The summed E-state index contributed by atoms with van der Waals surface area (Å²) in [6, 6.07) is 0. The third-order valence-electron chi connectivity index (χ3n) is 2.42. The molecule has 0 bridgehead atoms. The first kappa shape index (κ1) is 18.2. The Hall–Kier alpha value is -0.820. The molecule has 0 aromatic rings. The molecule has 0 amide bonds. The lowest BCUT2D eigenvalue weighted by atomic mass is 10.3. The van der Waals surface area contributed by atoms with Crippen LogP contribution in [0.2, 0.25) is 0 Å². The van der Waals surface area contributed by atoms with E-state index in [2.05, 4.69) is 15.6 Å². The Balaban J connectivity index is 3.56. The van der Waals surface area contributed by atoms with Gasteiger partial charge < -0.3 is 15.4 Å². The van der Waals surface area contributed by atoms with E-state index in [0.29, 0.717) is 18.9 Å². The minimum atomic E-state index is -2.87. The number of unbranched alkanes of at least 4 members (excludes halogenated alkanes) is 1. The lowest BCUT2D eigenvalue weighted by Crippen LogP contribution is -2.38. The maximum atomic E-state index is 11.0. The van der Waals surface area contributed by atoms with Crippen molar-refractivity contribution < 1.29 is 13.2 Å². The van der Waals surface area contributed by atoms with Gasteiger partial charge in [-0.1, -0.05) is 0 Å². The zero-order valence-corrected chi connectivity index (χ0v) is 13.1. The first-order valence-corrected chi connectivity index (χ1v) is 8.75. The van der Waals surface area contributed by atoms with Crippen LogP contribution >= 0.6 is 0 Å². The Kier molecular flexibility index (Phi) is 10.6. The van der Waals surface area contributed by atoms with E-state index >= 15 is 0 Å². The summed E-state index contributed by atoms with van der Waals surface area (Å²) < 4.78 is 27.2. The van der Waals surface area contributed by atoms with Gasteiger partial charge >= 0.3 is 0 Å². The summed E-state index contributed by atoms with van der Waals surface area (Å²) in [7, 11) is -1.17. The monoisotopic (exact) mass is 293 g/mol. The van der Waals surface area contributed by atoms with Crippen molar-refractivity contribution in [2.75, 3.05) is 45.4 Å². The lowest BCUT2D eigenvalue weighted by Gasteiger charge is -2.11. The van der Waals surface area contributed by atoms with Crippen molar-refractivity contribution in [3.05, 3.63) is 0 Å². The van der Waals surface area contributed by atoms with Crippen molar-refractivity contribution in [1.29, 1.82) is 0 Å². The average Bonchev–Trinajstić information content (AvgIpc) is 2.34. The van der Waals surface area contributed by atoms with Gasteiger partial charge in [0.1, 0.15) is 9.84 Å². The maximum absolute atomic E-state index is 11.0. The number of hydrogen-bond donors (Lipinski definition) is 2. The molecule has 0 aliphatic rings. The molecule has 0 aromatic heterocycles. The fourth-order valence-corrected chi connectivity index (χ4v) is 2.11. The van der Waals surface area contributed by atoms with Crippen molar-refractivity contribution in [2.45, 2.75) is 26.2 Å². The summed E-state index contributed by atoms with van der Waals surface area (Å²) in [4.78, 5) is 4.07. The first-order valence-electron chi connectivity index (χ1n) is 6.69. The number of aliphatic imine (C=N–C) groups is 1. The smallest absolute Gasteiger partial charge is 0.190 e. The third-order valence-corrected chi connectivity index (χ3v) is 3.45. The van der Waals surface area contributed by atoms with Crippen molar-refractivity contribution >= 4 is 15.8 Å². The Morgan fingerprint density at radius 2 is 1.79 bits per heavy atom. The van der Waals surface area contributed by atoms with Crippen LogP contribution in [0.4, 0.5) is 0 Å². The highest BCUT2D eigenvalue weighted by Gasteiger charge is 2.02. The summed E-state index contributed by atoms with van der Waals surface area (Å²) >= 11 is 0. The molecular weight excluding hydrogens is 266 g/mol. The van der Waals surface area contributed by atoms with Gasteiger partial charge in [-0.15, -0.1) is 0 Å². The van der Waals surface area contributed by atoms with Gasteiger partial charge in [0.25, 0.3) is 0 Å². The average molecular weight is 293 g/mol. The number of guanidine groups is 1. The van der Waals surface area contributed by atoms with E-state index in [4.69, 9.17) is 4.74 Å². The zero-order chi connectivity index (χ0) is 14.6. The summed E-state index contributed by atoms with van der Waals surface area (Å²) in [5.74, 6) is 0.913. The second-order valence-corrected chi connectivity index (χ2v) is 6.57. The van der Waals surface area contributed by atoms with Crippen molar-refractivity contribution in [3.63, 3.8) is 0 Å². The van der Waals surface area contributed by atoms with Gasteiger partial charge in [-0.2, -0.15) is 0 Å². The molecule has 0 aliphatic carbocycles. The molecule has 0 aromatic carbocycles. The van der Waals surface area contributed by atoms with Crippen LogP contribution in [0.25, 0.3) is 0 Å². The van der Waals surface area contributed by atoms with Crippen LogP contribution in [0.3, 0.4) is 0 Å². The van der Waals surface area contributed by atoms with E-state index in [1.54, 1.807) is 7.05 Å². The molecule has 114 valence electrons. The molecular formula is C12H27N3O3S. The maximum Gasteiger partial charge on any atom is 0.190 e. The van der Waals surface area contributed by atoms with Gasteiger partial charge in [0.15, 0.2) is 5.96 Å². The van der Waals surface area contributed by atoms with E-state index in [1.807, 2.05) is 6.92 Å². The Labute approximate surface area is 116 Å². The van der Waals surface area contributed by atoms with Crippen molar-refractivity contribution in [2.24, 2.45) is 4.99 Å². The number of rotatable bonds is 10. The fraction of sp³-hybridized carbons (Fsp3) is 0.917. The van der Waals surface area contributed by atoms with E-state index in [0.717, 1.165) is 32.6 Å². The molecule has 0 heterocycles. The van der Waals surface area contributed by atoms with E-state index in [9.17, 15) is 8.42 Å². The van der Waals surface area contributed by atoms with Crippen molar-refractivity contribution in [3.8, 4) is 0 Å². The molecule has 0 atom stereocenters. The standard InChI is InChI=1S/C12H27N3O3S/c1-4-18-10-6-5-8-14-12(13-2)15-9-7-11-19(3,16)17/h4-11H2,1-3H3,(H2,13,14,15). The highest BCUT2D eigenvalue weighted by Crippen LogP contribution is 1.89. The fourth-order valence-electron chi connectivity index (χ4n) is 1.44. The van der Waals surface area contributed by atoms with E-state index in [1.165, 1.54) is 6.26 Å².